The molecule has 3 rings (SSSR count). The van der Waals surface area contributed by atoms with Crippen molar-refractivity contribution >= 4 is 23.5 Å². The highest BCUT2D eigenvalue weighted by Gasteiger charge is 2.36. The molecule has 0 unspecified atom stereocenters. The summed E-state index contributed by atoms with van der Waals surface area (Å²) in [6.45, 7) is 5.24. The number of anilines is 1. The molecule has 1 aromatic carbocycles. The fourth-order valence-corrected chi connectivity index (χ4v) is 2.94. The Kier molecular flexibility index (Phi) is 4.27. The summed E-state index contributed by atoms with van der Waals surface area (Å²) in [5.74, 6) is 0.292. The first-order valence-electron chi connectivity index (χ1n) is 8.17. The number of hydrogen-bond acceptors (Lipinski definition) is 6. The number of nitrogens with two attached hydrogens (primary N) is 1. The number of carbonyl (C=O) groups is 2. The summed E-state index contributed by atoms with van der Waals surface area (Å²) in [6, 6.07) is 7.19. The molecule has 2 amide bonds. The summed E-state index contributed by atoms with van der Waals surface area (Å²) < 4.78 is 5.34. The van der Waals surface area contributed by atoms with E-state index in [-0.39, 0.29) is 30.0 Å². The van der Waals surface area contributed by atoms with Crippen LogP contribution in [0.1, 0.15) is 41.0 Å². The van der Waals surface area contributed by atoms with Crippen molar-refractivity contribution in [3.63, 3.8) is 0 Å². The predicted molar refractivity (Wildman–Crippen MR) is 96.7 cm³/mol. The van der Waals surface area contributed by atoms with Gasteiger partial charge in [-0.05, 0) is 31.5 Å². The van der Waals surface area contributed by atoms with E-state index in [2.05, 4.69) is 15.3 Å². The van der Waals surface area contributed by atoms with Crippen LogP contribution in [0.4, 0.5) is 5.69 Å². The Balaban J connectivity index is 1.88. The number of aromatic nitrogens is 1. The van der Waals surface area contributed by atoms with Gasteiger partial charge in [-0.2, -0.15) is 0 Å². The van der Waals surface area contributed by atoms with Gasteiger partial charge in [-0.15, -0.1) is 0 Å². The van der Waals surface area contributed by atoms with Crippen molar-refractivity contribution < 1.29 is 14.0 Å². The zero-order valence-electron chi connectivity index (χ0n) is 15.2. The zero-order valence-corrected chi connectivity index (χ0v) is 15.2. The van der Waals surface area contributed by atoms with Crippen molar-refractivity contribution in [2.24, 2.45) is 10.7 Å². The van der Waals surface area contributed by atoms with Crippen molar-refractivity contribution in [1.82, 2.24) is 9.88 Å². The zero-order chi connectivity index (χ0) is 19.1. The third-order valence-electron chi connectivity index (χ3n) is 4.43. The highest BCUT2D eigenvalue weighted by molar-refractivity contribution is 6.03. The van der Waals surface area contributed by atoms with Gasteiger partial charge in [0.1, 0.15) is 0 Å². The Morgan fingerprint density at radius 3 is 2.73 bits per heavy atom. The van der Waals surface area contributed by atoms with Gasteiger partial charge in [0.15, 0.2) is 11.9 Å². The van der Waals surface area contributed by atoms with Gasteiger partial charge in [-0.3, -0.25) is 14.5 Å². The number of amides is 2. The number of oxazole rings is 1. The molecule has 1 aromatic heterocycles. The lowest BCUT2D eigenvalue weighted by atomic mass is 9.87. The van der Waals surface area contributed by atoms with Gasteiger partial charge in [-0.25, -0.2) is 9.98 Å². The third-order valence-corrected chi connectivity index (χ3v) is 4.43. The summed E-state index contributed by atoms with van der Waals surface area (Å²) in [7, 11) is 1.60. The first kappa shape index (κ1) is 17.7. The van der Waals surface area contributed by atoms with E-state index in [0.29, 0.717) is 17.3 Å². The highest BCUT2D eigenvalue weighted by Crippen LogP contribution is 2.34. The first-order chi connectivity index (χ1) is 12.2. The topological polar surface area (TPSA) is 114 Å². The first-order valence-corrected chi connectivity index (χ1v) is 8.17. The van der Waals surface area contributed by atoms with Crippen molar-refractivity contribution in [2.75, 3.05) is 12.4 Å². The highest BCUT2D eigenvalue weighted by atomic mass is 16.4. The van der Waals surface area contributed by atoms with Gasteiger partial charge in [0.25, 0.3) is 5.91 Å². The Labute approximate surface area is 151 Å². The molecular formula is C18H21N5O3. The van der Waals surface area contributed by atoms with Crippen LogP contribution in [0, 0.1) is 13.8 Å². The molecule has 2 heterocycles. The second-order valence-electron chi connectivity index (χ2n) is 6.56. The number of carbonyl (C=O) groups excluding carboxylic acids is 2. The van der Waals surface area contributed by atoms with Crippen LogP contribution in [0.15, 0.2) is 33.7 Å². The van der Waals surface area contributed by atoms with Gasteiger partial charge in [0.05, 0.1) is 17.7 Å². The van der Waals surface area contributed by atoms with Crippen LogP contribution in [-0.2, 0) is 10.3 Å². The van der Waals surface area contributed by atoms with Crippen LogP contribution in [-0.4, -0.2) is 34.7 Å². The standard InChI is InChI=1S/C18H21N5O3/c1-10-15(26-11(2)20-10)16(25)21-13-7-5-6-12(8-13)18(3)9-14(24)23(4)17(19)22-18/h5-8H,9H2,1-4H3,(H2,19,22)(H,21,25)/t18-/m0/s1. The molecule has 0 aliphatic carbocycles. The van der Waals surface area contributed by atoms with Gasteiger partial charge < -0.3 is 15.5 Å². The lowest BCUT2D eigenvalue weighted by molar-refractivity contribution is -0.128. The van der Waals surface area contributed by atoms with Gasteiger partial charge in [-0.1, -0.05) is 12.1 Å². The van der Waals surface area contributed by atoms with E-state index in [0.717, 1.165) is 5.56 Å². The molecule has 26 heavy (non-hydrogen) atoms. The van der Waals surface area contributed by atoms with E-state index in [1.165, 1.54) is 4.90 Å². The van der Waals surface area contributed by atoms with Crippen molar-refractivity contribution in [3.05, 3.63) is 47.2 Å². The largest absolute Gasteiger partial charge is 0.436 e. The summed E-state index contributed by atoms with van der Waals surface area (Å²) in [5.41, 5.74) is 6.96. The molecule has 1 aliphatic heterocycles. The normalized spacial score (nSPS) is 20.1. The van der Waals surface area contributed by atoms with Crippen LogP contribution in [0.2, 0.25) is 0 Å². The van der Waals surface area contributed by atoms with Crippen molar-refractivity contribution in [3.8, 4) is 0 Å². The average Bonchev–Trinajstić information content (AvgIpc) is 2.91. The van der Waals surface area contributed by atoms with E-state index in [9.17, 15) is 9.59 Å². The molecule has 0 spiro atoms. The van der Waals surface area contributed by atoms with Crippen LogP contribution in [0.5, 0.6) is 0 Å². The molecule has 2 aromatic rings. The molecule has 0 fully saturated rings. The van der Waals surface area contributed by atoms with Crippen LogP contribution in [0.25, 0.3) is 0 Å². The lowest BCUT2D eigenvalue weighted by Crippen LogP contribution is -2.47. The lowest BCUT2D eigenvalue weighted by Gasteiger charge is -2.33. The number of nitrogens with zero attached hydrogens (tertiary/aromatic N) is 3. The maximum Gasteiger partial charge on any atom is 0.293 e. The minimum Gasteiger partial charge on any atom is -0.436 e. The Morgan fingerprint density at radius 2 is 2.12 bits per heavy atom. The number of benzene rings is 1. The number of nitrogens with one attached hydrogen (secondary N) is 1. The van der Waals surface area contributed by atoms with Crippen molar-refractivity contribution in [1.29, 1.82) is 0 Å². The quantitative estimate of drug-likeness (QED) is 0.873. The molecule has 1 aliphatic rings. The SMILES string of the molecule is Cc1nc(C)c(C(=O)Nc2cccc([C@]3(C)CC(=O)N(C)C(N)=N3)c2)o1. The number of hydrogen-bond donors (Lipinski definition) is 2. The number of aryl methyl sites for hydroxylation is 2. The van der Waals surface area contributed by atoms with Crippen LogP contribution >= 0.6 is 0 Å². The monoisotopic (exact) mass is 355 g/mol. The van der Waals surface area contributed by atoms with Crippen molar-refractivity contribution in [2.45, 2.75) is 32.7 Å². The molecular weight excluding hydrogens is 334 g/mol. The van der Waals surface area contributed by atoms with E-state index < -0.39 is 5.54 Å². The Bertz CT molecular complexity index is 917. The minimum atomic E-state index is -0.785. The van der Waals surface area contributed by atoms with Crippen LogP contribution < -0.4 is 11.1 Å². The predicted octanol–water partition coefficient (Wildman–Crippen LogP) is 1.94. The van der Waals surface area contributed by atoms with Gasteiger partial charge in [0, 0.05) is 19.7 Å². The van der Waals surface area contributed by atoms with Crippen LogP contribution in [0.3, 0.4) is 0 Å². The second-order valence-corrected chi connectivity index (χ2v) is 6.56. The summed E-state index contributed by atoms with van der Waals surface area (Å²) in [5, 5.41) is 2.79. The molecule has 8 heteroatoms. The molecule has 136 valence electrons. The smallest absolute Gasteiger partial charge is 0.293 e. The molecule has 0 radical (unpaired) electrons. The molecule has 0 saturated heterocycles. The molecule has 3 N–H and O–H groups in total. The summed E-state index contributed by atoms with van der Waals surface area (Å²) in [4.78, 5) is 34.5. The Hall–Kier alpha value is -3.16. The number of guanidine groups is 1. The van der Waals surface area contributed by atoms with Gasteiger partial charge >= 0.3 is 0 Å². The number of rotatable bonds is 3. The fourth-order valence-electron chi connectivity index (χ4n) is 2.94. The van der Waals surface area contributed by atoms with Gasteiger partial charge in [0.2, 0.25) is 11.7 Å². The molecule has 0 bridgehead atoms. The third kappa shape index (κ3) is 3.17. The van der Waals surface area contributed by atoms with E-state index in [1.807, 2.05) is 13.0 Å². The molecule has 1 atom stereocenters. The van der Waals surface area contributed by atoms with E-state index in [1.54, 1.807) is 39.1 Å². The van der Waals surface area contributed by atoms with E-state index in [4.69, 9.17) is 10.2 Å². The maximum absolute atomic E-state index is 12.4. The maximum atomic E-state index is 12.4. The number of aliphatic imine (C=N–C) groups is 1. The fraction of sp³-hybridized carbons (Fsp3) is 0.333. The second kappa shape index (κ2) is 6.29. The molecule has 0 saturated carbocycles. The average molecular weight is 355 g/mol. The summed E-state index contributed by atoms with van der Waals surface area (Å²) >= 11 is 0. The molecule has 8 nitrogen and oxygen atoms in total. The summed E-state index contributed by atoms with van der Waals surface area (Å²) in [6.07, 6.45) is 0.196. The van der Waals surface area contributed by atoms with E-state index >= 15 is 0 Å². The Morgan fingerprint density at radius 1 is 1.38 bits per heavy atom. The minimum absolute atomic E-state index is 0.109.